The van der Waals surface area contributed by atoms with Crippen LogP contribution >= 0.6 is 0 Å². The maximum absolute atomic E-state index is 12.8. The Hall–Kier alpha value is -2.03. The van der Waals surface area contributed by atoms with Gasteiger partial charge in [-0.2, -0.15) is 0 Å². The maximum atomic E-state index is 12.8. The van der Waals surface area contributed by atoms with E-state index in [9.17, 15) is 4.79 Å². The lowest BCUT2D eigenvalue weighted by atomic mass is 9.51. The zero-order valence-corrected chi connectivity index (χ0v) is 18.8. The summed E-state index contributed by atoms with van der Waals surface area (Å²) in [7, 11) is 1.54. The number of carbonyl (C=O) groups is 1. The van der Waals surface area contributed by atoms with Crippen LogP contribution in [0.15, 0.2) is 29.8 Å². The Morgan fingerprint density at radius 2 is 2.00 bits per heavy atom. The van der Waals surface area contributed by atoms with E-state index in [-0.39, 0.29) is 17.3 Å². The molecule has 1 N–H and O–H groups in total. The lowest BCUT2D eigenvalue weighted by molar-refractivity contribution is -0.156. The van der Waals surface area contributed by atoms with Gasteiger partial charge in [0.2, 0.25) is 0 Å². The maximum Gasteiger partial charge on any atom is 0.312 e. The Bertz CT molecular complexity index is 984. The van der Waals surface area contributed by atoms with Crippen molar-refractivity contribution in [3.8, 4) is 0 Å². The zero-order chi connectivity index (χ0) is 21.0. The molecule has 0 saturated heterocycles. The Balaban J connectivity index is 1.78. The largest absolute Gasteiger partial charge is 0.469 e. The number of rotatable bonds is 3. The van der Waals surface area contributed by atoms with Gasteiger partial charge < -0.3 is 9.72 Å². The minimum absolute atomic E-state index is 0.0381. The molecular weight excluding hydrogens is 358 g/mol. The number of aryl methyl sites for hydroxylation is 2. The SMILES string of the molecule is COC(=O)[C@@]1(C)CCC=C2[C@@H]1CC[C@@H](C)[C@]2(C)Cc1c(C)[nH]c2ccc(C)cc12. The Kier molecular flexibility index (Phi) is 4.91. The fourth-order valence-corrected chi connectivity index (χ4v) is 6.16. The smallest absolute Gasteiger partial charge is 0.312 e. The third-order valence-corrected chi connectivity index (χ3v) is 8.28. The van der Waals surface area contributed by atoms with E-state index in [1.165, 1.54) is 40.4 Å². The summed E-state index contributed by atoms with van der Waals surface area (Å²) in [6.45, 7) is 11.3. The molecule has 0 unspecified atom stereocenters. The zero-order valence-electron chi connectivity index (χ0n) is 18.8. The van der Waals surface area contributed by atoms with E-state index in [1.54, 1.807) is 0 Å². The van der Waals surface area contributed by atoms with Gasteiger partial charge in [-0.1, -0.05) is 37.1 Å². The van der Waals surface area contributed by atoms with Gasteiger partial charge in [0, 0.05) is 16.6 Å². The molecule has 156 valence electrons. The van der Waals surface area contributed by atoms with Crippen LogP contribution in [-0.2, 0) is 16.0 Å². The van der Waals surface area contributed by atoms with Crippen molar-refractivity contribution in [2.75, 3.05) is 7.11 Å². The molecule has 2 aliphatic carbocycles. The summed E-state index contributed by atoms with van der Waals surface area (Å²) in [6, 6.07) is 6.69. The number of benzene rings is 1. The predicted octanol–water partition coefficient (Wildman–Crippen LogP) is 6.28. The third-order valence-electron chi connectivity index (χ3n) is 8.28. The van der Waals surface area contributed by atoms with Crippen LogP contribution in [0.1, 0.15) is 63.3 Å². The second-order valence-electron chi connectivity index (χ2n) is 10.0. The first-order chi connectivity index (χ1) is 13.7. The molecule has 0 amide bonds. The number of fused-ring (bicyclic) bond motifs is 2. The molecule has 4 atom stereocenters. The minimum atomic E-state index is -0.397. The highest BCUT2D eigenvalue weighted by Gasteiger charge is 2.53. The molecule has 29 heavy (non-hydrogen) atoms. The second kappa shape index (κ2) is 7.04. The number of allylic oxidation sites excluding steroid dienone is 2. The fourth-order valence-electron chi connectivity index (χ4n) is 6.16. The Labute approximate surface area is 174 Å². The molecule has 1 heterocycles. The van der Waals surface area contributed by atoms with Crippen LogP contribution in [0.4, 0.5) is 0 Å². The molecule has 3 heteroatoms. The van der Waals surface area contributed by atoms with Crippen LogP contribution in [0.5, 0.6) is 0 Å². The quantitative estimate of drug-likeness (QED) is 0.492. The number of hydrogen-bond acceptors (Lipinski definition) is 2. The number of carbonyl (C=O) groups excluding carboxylic acids is 1. The number of aromatic nitrogens is 1. The Morgan fingerprint density at radius 1 is 1.24 bits per heavy atom. The van der Waals surface area contributed by atoms with Crippen molar-refractivity contribution < 1.29 is 9.53 Å². The van der Waals surface area contributed by atoms with E-state index in [2.05, 4.69) is 63.9 Å². The van der Waals surface area contributed by atoms with Crippen molar-refractivity contribution in [3.05, 3.63) is 46.7 Å². The standard InChI is InChI=1S/C26H35NO2/c1-16-9-12-23-19(14-16)20(18(3)27-23)15-26(5)17(2)10-11-22-21(26)8-7-13-25(22,4)24(28)29-6/h8-9,12,14,17,22,27H,7,10-11,13,15H2,1-6H3/t17-,22+,25+,26+/m1/s1. The number of methoxy groups -OCH3 is 1. The van der Waals surface area contributed by atoms with E-state index in [4.69, 9.17) is 4.74 Å². The molecule has 0 spiro atoms. The van der Waals surface area contributed by atoms with E-state index >= 15 is 0 Å². The van der Waals surface area contributed by atoms with Crippen molar-refractivity contribution in [1.82, 2.24) is 4.98 Å². The third kappa shape index (κ3) is 3.05. The van der Waals surface area contributed by atoms with Gasteiger partial charge in [-0.05, 0) is 87.8 Å². The molecule has 2 aliphatic rings. The molecule has 2 aromatic rings. The molecular formula is C26H35NO2. The number of hydrogen-bond donors (Lipinski definition) is 1. The number of esters is 1. The molecule has 1 aromatic heterocycles. The van der Waals surface area contributed by atoms with Gasteiger partial charge in [0.25, 0.3) is 0 Å². The van der Waals surface area contributed by atoms with Crippen LogP contribution in [0.2, 0.25) is 0 Å². The van der Waals surface area contributed by atoms with Gasteiger partial charge in [-0.3, -0.25) is 4.79 Å². The van der Waals surface area contributed by atoms with Gasteiger partial charge in [0.1, 0.15) is 0 Å². The average Bonchev–Trinajstić information content (AvgIpc) is 2.99. The number of H-pyrrole nitrogens is 1. The van der Waals surface area contributed by atoms with Crippen molar-refractivity contribution in [2.45, 2.75) is 66.7 Å². The first-order valence-corrected chi connectivity index (χ1v) is 11.1. The van der Waals surface area contributed by atoms with Crippen molar-refractivity contribution in [2.24, 2.45) is 22.7 Å². The molecule has 4 rings (SSSR count). The summed E-state index contributed by atoms with van der Waals surface area (Å²) >= 11 is 0. The summed E-state index contributed by atoms with van der Waals surface area (Å²) < 4.78 is 5.26. The Morgan fingerprint density at radius 3 is 2.72 bits per heavy atom. The van der Waals surface area contributed by atoms with Crippen LogP contribution < -0.4 is 0 Å². The summed E-state index contributed by atoms with van der Waals surface area (Å²) in [5.74, 6) is 0.834. The lowest BCUT2D eigenvalue weighted by Crippen LogP contribution is -2.48. The fraction of sp³-hybridized carbons (Fsp3) is 0.577. The highest BCUT2D eigenvalue weighted by Crippen LogP contribution is 2.58. The van der Waals surface area contributed by atoms with Gasteiger partial charge in [0.15, 0.2) is 0 Å². The van der Waals surface area contributed by atoms with E-state index in [0.29, 0.717) is 5.92 Å². The second-order valence-corrected chi connectivity index (χ2v) is 10.0. The summed E-state index contributed by atoms with van der Waals surface area (Å²) in [5.41, 5.74) is 6.39. The van der Waals surface area contributed by atoms with Crippen molar-refractivity contribution in [1.29, 1.82) is 0 Å². The van der Waals surface area contributed by atoms with Crippen LogP contribution in [0.3, 0.4) is 0 Å². The number of aromatic amines is 1. The van der Waals surface area contributed by atoms with Crippen molar-refractivity contribution in [3.63, 3.8) is 0 Å². The lowest BCUT2D eigenvalue weighted by Gasteiger charge is -2.53. The molecule has 1 fully saturated rings. The van der Waals surface area contributed by atoms with E-state index < -0.39 is 5.41 Å². The normalized spacial score (nSPS) is 32.0. The summed E-state index contributed by atoms with van der Waals surface area (Å²) in [4.78, 5) is 16.4. The molecule has 1 aromatic carbocycles. The van der Waals surface area contributed by atoms with Crippen LogP contribution in [0, 0.1) is 36.5 Å². The molecule has 1 saturated carbocycles. The summed E-state index contributed by atoms with van der Waals surface area (Å²) in [5, 5.41) is 1.35. The molecule has 0 bridgehead atoms. The molecule has 3 nitrogen and oxygen atoms in total. The molecule has 0 aliphatic heterocycles. The van der Waals surface area contributed by atoms with Crippen molar-refractivity contribution >= 4 is 16.9 Å². The first-order valence-electron chi connectivity index (χ1n) is 11.1. The van der Waals surface area contributed by atoms with Gasteiger partial charge in [0.05, 0.1) is 12.5 Å². The highest BCUT2D eigenvalue weighted by atomic mass is 16.5. The average molecular weight is 394 g/mol. The minimum Gasteiger partial charge on any atom is -0.469 e. The summed E-state index contributed by atoms with van der Waals surface area (Å²) in [6.07, 6.45) is 7.57. The predicted molar refractivity (Wildman–Crippen MR) is 119 cm³/mol. The number of nitrogens with one attached hydrogen (secondary N) is 1. The van der Waals surface area contributed by atoms with E-state index in [0.717, 1.165) is 32.1 Å². The van der Waals surface area contributed by atoms with E-state index in [1.807, 2.05) is 0 Å². The topological polar surface area (TPSA) is 42.1 Å². The first kappa shape index (κ1) is 20.3. The van der Waals surface area contributed by atoms with Gasteiger partial charge in [-0.25, -0.2) is 0 Å². The van der Waals surface area contributed by atoms with Gasteiger partial charge >= 0.3 is 5.97 Å². The monoisotopic (exact) mass is 393 g/mol. The van der Waals surface area contributed by atoms with Crippen LogP contribution in [-0.4, -0.2) is 18.1 Å². The molecule has 0 radical (unpaired) electrons. The highest BCUT2D eigenvalue weighted by molar-refractivity contribution is 5.85. The van der Waals surface area contributed by atoms with Crippen LogP contribution in [0.25, 0.3) is 10.9 Å². The van der Waals surface area contributed by atoms with Gasteiger partial charge in [-0.15, -0.1) is 0 Å². The number of ether oxygens (including phenoxy) is 1.